The van der Waals surface area contributed by atoms with E-state index in [1.165, 1.54) is 76.8 Å². The maximum atomic E-state index is 7.18. The molecule has 2 aliphatic carbocycles. The van der Waals surface area contributed by atoms with E-state index in [1.54, 1.807) is 23.5 Å². The number of anilines is 3. The van der Waals surface area contributed by atoms with Gasteiger partial charge in [0.05, 0.1) is 19.6 Å². The largest absolute Gasteiger partial charge is 0.454 e. The first-order valence-corrected chi connectivity index (χ1v) is 26.1. The van der Waals surface area contributed by atoms with Gasteiger partial charge in [-0.2, -0.15) is 0 Å². The van der Waals surface area contributed by atoms with Crippen molar-refractivity contribution in [1.29, 1.82) is 0 Å². The Morgan fingerprint density at radius 3 is 1.58 bits per heavy atom. The van der Waals surface area contributed by atoms with Crippen LogP contribution in [-0.4, -0.2) is 0 Å². The normalized spacial score (nSPS) is 14.8. The number of ether oxygens (including phenoxy) is 2. The molecule has 5 heteroatoms. The highest BCUT2D eigenvalue weighted by molar-refractivity contribution is 8.00. The van der Waals surface area contributed by atoms with E-state index < -0.39 is 0 Å². The Kier molecular flexibility index (Phi) is 8.64. The fourth-order valence-corrected chi connectivity index (χ4v) is 14.2. The zero-order valence-electron chi connectivity index (χ0n) is 39.6. The van der Waals surface area contributed by atoms with Gasteiger partial charge < -0.3 is 14.4 Å². The number of para-hydroxylation sites is 2. The molecule has 0 unspecified atom stereocenters. The summed E-state index contributed by atoms with van der Waals surface area (Å²) in [5.74, 6) is 3.74. The summed E-state index contributed by atoms with van der Waals surface area (Å²) in [5, 5.41) is 7.53. The molecule has 4 aliphatic rings. The summed E-state index contributed by atoms with van der Waals surface area (Å²) < 4.78 is 14.0. The lowest BCUT2D eigenvalue weighted by Gasteiger charge is -2.29. The van der Waals surface area contributed by atoms with Gasteiger partial charge in [-0.3, -0.25) is 0 Å². The van der Waals surface area contributed by atoms with Gasteiger partial charge >= 0.3 is 0 Å². The topological polar surface area (TPSA) is 21.7 Å². The summed E-state index contributed by atoms with van der Waals surface area (Å²) in [4.78, 5) is 7.02. The third kappa shape index (κ3) is 5.88. The summed E-state index contributed by atoms with van der Waals surface area (Å²) in [7, 11) is 0. The number of nitrogens with zero attached hydrogens (tertiary/aromatic N) is 1. The van der Waals surface area contributed by atoms with Crippen LogP contribution in [-0.2, 0) is 10.8 Å². The van der Waals surface area contributed by atoms with Gasteiger partial charge in [0, 0.05) is 44.6 Å². The van der Waals surface area contributed by atoms with Gasteiger partial charge in [-0.1, -0.05) is 185 Å². The second-order valence-electron chi connectivity index (χ2n) is 20.3. The van der Waals surface area contributed by atoms with Crippen LogP contribution in [0, 0.1) is 0 Å². The Balaban J connectivity index is 0.876. The minimum absolute atomic E-state index is 0.110. The lowest BCUT2D eigenvalue weighted by molar-refractivity contribution is 0.455. The monoisotopic (exact) mass is 947 g/mol. The molecule has 71 heavy (non-hydrogen) atoms. The van der Waals surface area contributed by atoms with Crippen LogP contribution >= 0.6 is 23.5 Å². The quantitative estimate of drug-likeness (QED) is 0.164. The Labute approximate surface area is 421 Å². The maximum absolute atomic E-state index is 7.18. The summed E-state index contributed by atoms with van der Waals surface area (Å²) in [6.07, 6.45) is 0. The lowest BCUT2D eigenvalue weighted by Crippen LogP contribution is -2.16. The van der Waals surface area contributed by atoms with Crippen molar-refractivity contribution in [2.75, 3.05) is 4.90 Å². The first-order chi connectivity index (χ1) is 34.7. The number of hydrogen-bond acceptors (Lipinski definition) is 5. The first-order valence-electron chi connectivity index (χ1n) is 24.5. The van der Waals surface area contributed by atoms with Crippen molar-refractivity contribution in [2.45, 2.75) is 58.1 Å². The molecule has 3 nitrogen and oxygen atoms in total. The molecular formula is C66H45NO2S2. The van der Waals surface area contributed by atoms with Crippen molar-refractivity contribution in [1.82, 2.24) is 0 Å². The molecule has 0 fully saturated rings. The van der Waals surface area contributed by atoms with E-state index in [1.807, 2.05) is 0 Å². The SMILES string of the molecule is CC1(C)c2cc(N(c3ccc(-c4cccc5c4Oc4c(ccc6c4-c4ccccc4C6(C)C)S5)cc3)c3ccc4c5ccccc5c5ccccc5c4c3)ccc2-c2c1ccc1c2Oc2ccccc2S1. The molecule has 11 aromatic carbocycles. The number of fused-ring (bicyclic) bond motifs is 18. The number of hydrogen-bond donors (Lipinski definition) is 0. The van der Waals surface area contributed by atoms with Gasteiger partial charge in [0.15, 0.2) is 0 Å². The van der Waals surface area contributed by atoms with Crippen LogP contribution in [0.2, 0.25) is 0 Å². The van der Waals surface area contributed by atoms with E-state index in [2.05, 4.69) is 233 Å². The predicted molar refractivity (Wildman–Crippen MR) is 295 cm³/mol. The van der Waals surface area contributed by atoms with E-state index in [4.69, 9.17) is 9.47 Å². The highest BCUT2D eigenvalue weighted by Crippen LogP contribution is 2.61. The van der Waals surface area contributed by atoms with Crippen LogP contribution in [0.4, 0.5) is 17.1 Å². The van der Waals surface area contributed by atoms with E-state index in [0.717, 1.165) is 70.8 Å². The number of rotatable bonds is 4. The van der Waals surface area contributed by atoms with Crippen molar-refractivity contribution in [3.8, 4) is 56.4 Å². The van der Waals surface area contributed by atoms with Crippen LogP contribution in [0.25, 0.3) is 65.7 Å². The molecular weight excluding hydrogens is 903 g/mol. The molecule has 0 amide bonds. The molecule has 2 heterocycles. The summed E-state index contributed by atoms with van der Waals surface area (Å²) >= 11 is 3.60. The molecule has 2 aliphatic heterocycles. The molecule has 0 radical (unpaired) electrons. The molecule has 0 aromatic heterocycles. The Morgan fingerprint density at radius 1 is 0.338 bits per heavy atom. The second-order valence-corrected chi connectivity index (χ2v) is 22.5. The first kappa shape index (κ1) is 41.1. The predicted octanol–water partition coefficient (Wildman–Crippen LogP) is 19.4. The summed E-state index contributed by atoms with van der Waals surface area (Å²) in [6, 6.07) is 73.7. The third-order valence-electron chi connectivity index (χ3n) is 15.8. The fourth-order valence-electron chi connectivity index (χ4n) is 12.3. The van der Waals surface area contributed by atoms with Gasteiger partial charge in [-0.15, -0.1) is 0 Å². The van der Waals surface area contributed by atoms with Crippen LogP contribution in [0.15, 0.2) is 220 Å². The van der Waals surface area contributed by atoms with Gasteiger partial charge in [-0.25, -0.2) is 0 Å². The zero-order chi connectivity index (χ0) is 47.3. The fraction of sp³-hybridized carbons (Fsp3) is 0.0909. The van der Waals surface area contributed by atoms with E-state index in [-0.39, 0.29) is 10.8 Å². The molecule has 0 atom stereocenters. The molecule has 338 valence electrons. The summed E-state index contributed by atoms with van der Waals surface area (Å²) in [5.41, 5.74) is 15.2. The van der Waals surface area contributed by atoms with Crippen molar-refractivity contribution in [2.24, 2.45) is 0 Å². The van der Waals surface area contributed by atoms with E-state index in [9.17, 15) is 0 Å². The van der Waals surface area contributed by atoms with Gasteiger partial charge in [0.1, 0.15) is 23.0 Å². The maximum Gasteiger partial charge on any atom is 0.149 e. The Hall–Kier alpha value is -7.70. The third-order valence-corrected chi connectivity index (χ3v) is 18.0. The number of benzene rings is 11. The Bertz CT molecular complexity index is 4100. The van der Waals surface area contributed by atoms with Crippen LogP contribution in [0.3, 0.4) is 0 Å². The van der Waals surface area contributed by atoms with Gasteiger partial charge in [0.2, 0.25) is 0 Å². The standard InChI is InChI=1S/C66H45NO2S2/c1-65(2)51-20-10-9-18-48(51)60-52(65)32-35-59-64(60)69-62-42(19-13-23-57(62)71-59)38-24-26-39(27-25-38)67(40-28-30-47-45-16-6-5-14-43(45)44-15-7-8-17-46(44)50(47)36-40)41-29-31-49-54(37-41)66(3,4)53-33-34-58-63(61(49)53)68-55-21-11-12-22-56(55)70-58/h5-37H,1-4H3. The van der Waals surface area contributed by atoms with Crippen molar-refractivity contribution in [3.63, 3.8) is 0 Å². The molecule has 0 bridgehead atoms. The summed E-state index contributed by atoms with van der Waals surface area (Å²) in [6.45, 7) is 9.37. The van der Waals surface area contributed by atoms with Crippen LogP contribution in [0.5, 0.6) is 23.0 Å². The lowest BCUT2D eigenvalue weighted by atomic mass is 9.82. The van der Waals surface area contributed by atoms with Crippen molar-refractivity contribution < 1.29 is 9.47 Å². The molecule has 0 saturated heterocycles. The van der Waals surface area contributed by atoms with Gasteiger partial charge in [-0.05, 0) is 138 Å². The smallest absolute Gasteiger partial charge is 0.149 e. The second kappa shape index (κ2) is 14.9. The minimum Gasteiger partial charge on any atom is -0.454 e. The van der Waals surface area contributed by atoms with Crippen molar-refractivity contribution in [3.05, 3.63) is 222 Å². The van der Waals surface area contributed by atoms with E-state index >= 15 is 0 Å². The van der Waals surface area contributed by atoms with Crippen molar-refractivity contribution >= 4 is 72.9 Å². The van der Waals surface area contributed by atoms with Crippen LogP contribution in [0.1, 0.15) is 49.9 Å². The minimum atomic E-state index is -0.268. The van der Waals surface area contributed by atoms with Gasteiger partial charge in [0.25, 0.3) is 0 Å². The van der Waals surface area contributed by atoms with Crippen LogP contribution < -0.4 is 14.4 Å². The highest BCUT2D eigenvalue weighted by atomic mass is 32.2. The average molecular weight is 948 g/mol. The van der Waals surface area contributed by atoms with E-state index in [0.29, 0.717) is 0 Å². The zero-order valence-corrected chi connectivity index (χ0v) is 41.3. The molecule has 11 aromatic rings. The Morgan fingerprint density at radius 2 is 0.845 bits per heavy atom. The molecule has 0 spiro atoms. The molecule has 0 saturated carbocycles. The molecule has 15 rings (SSSR count). The average Bonchev–Trinajstić information content (AvgIpc) is 3.79. The highest BCUT2D eigenvalue weighted by Gasteiger charge is 2.41. The molecule has 0 N–H and O–H groups in total.